The van der Waals surface area contributed by atoms with E-state index in [0.717, 1.165) is 6.42 Å². The number of carbonyl (C=O) groups is 1. The zero-order valence-electron chi connectivity index (χ0n) is 14.7. The lowest BCUT2D eigenvalue weighted by molar-refractivity contribution is -0.120. The molecule has 0 aromatic heterocycles. The van der Waals surface area contributed by atoms with Crippen LogP contribution < -0.4 is 20.9 Å². The fraction of sp³-hybridized carbons (Fsp3) is 0.278. The standard InChI is InChI=1S/C18H23N3O4S/c1-3-12-18(2,19)17(22)21-13-4-6-14(7-5-13)25-15-8-10-16(11-9-15)26(20,23)24/h4-11H,3,12,19H2,1-2H3,(H,21,22)(H2,20,23,24). The van der Waals surface area contributed by atoms with Gasteiger partial charge in [0.25, 0.3) is 0 Å². The lowest BCUT2D eigenvalue weighted by Crippen LogP contribution is -2.48. The zero-order valence-corrected chi connectivity index (χ0v) is 15.5. The highest BCUT2D eigenvalue weighted by atomic mass is 32.2. The molecule has 1 unspecified atom stereocenters. The maximum absolute atomic E-state index is 12.2. The quantitative estimate of drug-likeness (QED) is 0.684. The van der Waals surface area contributed by atoms with Gasteiger partial charge in [-0.1, -0.05) is 13.3 Å². The van der Waals surface area contributed by atoms with Crippen molar-refractivity contribution in [2.45, 2.75) is 37.1 Å². The van der Waals surface area contributed by atoms with E-state index >= 15 is 0 Å². The van der Waals surface area contributed by atoms with Gasteiger partial charge in [-0.25, -0.2) is 13.6 Å². The van der Waals surface area contributed by atoms with Crippen LogP contribution in [0.2, 0.25) is 0 Å². The van der Waals surface area contributed by atoms with Crippen LogP contribution in [0.15, 0.2) is 53.4 Å². The van der Waals surface area contributed by atoms with E-state index in [1.54, 1.807) is 31.2 Å². The lowest BCUT2D eigenvalue weighted by Gasteiger charge is -2.22. The summed E-state index contributed by atoms with van der Waals surface area (Å²) in [4.78, 5) is 12.2. The number of benzene rings is 2. The SMILES string of the molecule is CCCC(C)(N)C(=O)Nc1ccc(Oc2ccc(S(N)(=O)=O)cc2)cc1. The van der Waals surface area contributed by atoms with Crippen LogP contribution in [0.5, 0.6) is 11.5 Å². The predicted molar refractivity (Wildman–Crippen MR) is 100 cm³/mol. The molecule has 2 aromatic carbocycles. The Morgan fingerprint density at radius 3 is 2.04 bits per heavy atom. The fourth-order valence-corrected chi connectivity index (χ4v) is 2.86. The molecule has 0 aliphatic heterocycles. The Hall–Kier alpha value is -2.42. The first-order valence-electron chi connectivity index (χ1n) is 8.13. The molecule has 0 fully saturated rings. The molecule has 1 amide bonds. The van der Waals surface area contributed by atoms with Gasteiger partial charge in [0.15, 0.2) is 0 Å². The minimum Gasteiger partial charge on any atom is -0.457 e. The number of rotatable bonds is 7. The Kier molecular flexibility index (Phi) is 6.01. The molecule has 0 spiro atoms. The monoisotopic (exact) mass is 377 g/mol. The van der Waals surface area contributed by atoms with Crippen LogP contribution in [0.25, 0.3) is 0 Å². The molecule has 140 valence electrons. The molecule has 0 aliphatic rings. The Labute approximate surface area is 153 Å². The second-order valence-electron chi connectivity index (χ2n) is 6.26. The number of carbonyl (C=O) groups excluding carboxylic acids is 1. The number of nitrogens with one attached hydrogen (secondary N) is 1. The highest BCUT2D eigenvalue weighted by Crippen LogP contribution is 2.24. The molecule has 0 saturated heterocycles. The van der Waals surface area contributed by atoms with Gasteiger partial charge in [-0.2, -0.15) is 0 Å². The van der Waals surface area contributed by atoms with Crippen LogP contribution in [0.1, 0.15) is 26.7 Å². The summed E-state index contributed by atoms with van der Waals surface area (Å²) in [6, 6.07) is 12.6. The van der Waals surface area contributed by atoms with Gasteiger partial charge < -0.3 is 15.8 Å². The first-order chi connectivity index (χ1) is 12.1. The average molecular weight is 377 g/mol. The van der Waals surface area contributed by atoms with E-state index in [4.69, 9.17) is 15.6 Å². The van der Waals surface area contributed by atoms with Crippen molar-refractivity contribution in [3.05, 3.63) is 48.5 Å². The molecular weight excluding hydrogens is 354 g/mol. The van der Waals surface area contributed by atoms with Crippen molar-refractivity contribution in [2.75, 3.05) is 5.32 Å². The number of anilines is 1. The summed E-state index contributed by atoms with van der Waals surface area (Å²) in [5, 5.41) is 7.84. The van der Waals surface area contributed by atoms with Gasteiger partial charge in [-0.3, -0.25) is 4.79 Å². The maximum atomic E-state index is 12.2. The van der Waals surface area contributed by atoms with Crippen molar-refractivity contribution >= 4 is 21.6 Å². The van der Waals surface area contributed by atoms with Crippen molar-refractivity contribution in [2.24, 2.45) is 10.9 Å². The van der Waals surface area contributed by atoms with Gasteiger partial charge in [0.2, 0.25) is 15.9 Å². The predicted octanol–water partition coefficient (Wildman–Crippen LogP) is 2.58. The molecule has 0 radical (unpaired) electrons. The molecule has 0 aliphatic carbocycles. The summed E-state index contributed by atoms with van der Waals surface area (Å²) in [7, 11) is -3.73. The highest BCUT2D eigenvalue weighted by molar-refractivity contribution is 7.89. The Bertz CT molecular complexity index is 860. The maximum Gasteiger partial charge on any atom is 0.244 e. The number of amides is 1. The molecule has 0 saturated carbocycles. The van der Waals surface area contributed by atoms with Gasteiger partial charge in [0.05, 0.1) is 10.4 Å². The third kappa shape index (κ3) is 5.29. The van der Waals surface area contributed by atoms with E-state index in [-0.39, 0.29) is 10.8 Å². The van der Waals surface area contributed by atoms with Crippen LogP contribution in [-0.2, 0) is 14.8 Å². The highest BCUT2D eigenvalue weighted by Gasteiger charge is 2.27. The van der Waals surface area contributed by atoms with Gasteiger partial charge in [-0.15, -0.1) is 0 Å². The zero-order chi connectivity index (χ0) is 19.4. The molecule has 2 aromatic rings. The van der Waals surface area contributed by atoms with Crippen molar-refractivity contribution in [3.63, 3.8) is 0 Å². The minimum absolute atomic E-state index is 0.0137. The summed E-state index contributed by atoms with van der Waals surface area (Å²) in [5.41, 5.74) is 5.69. The largest absolute Gasteiger partial charge is 0.457 e. The topological polar surface area (TPSA) is 125 Å². The summed E-state index contributed by atoms with van der Waals surface area (Å²) < 4.78 is 28.1. The molecule has 2 rings (SSSR count). The van der Waals surface area contributed by atoms with Crippen LogP contribution in [0, 0.1) is 0 Å². The number of sulfonamides is 1. The summed E-state index contributed by atoms with van der Waals surface area (Å²) in [5.74, 6) is 0.758. The van der Waals surface area contributed by atoms with Crippen molar-refractivity contribution in [3.8, 4) is 11.5 Å². The van der Waals surface area contributed by atoms with Gasteiger partial charge >= 0.3 is 0 Å². The van der Waals surface area contributed by atoms with Gasteiger partial charge in [-0.05, 0) is 61.9 Å². The van der Waals surface area contributed by atoms with Crippen molar-refractivity contribution in [1.82, 2.24) is 0 Å². The second kappa shape index (κ2) is 7.86. The summed E-state index contributed by atoms with van der Waals surface area (Å²) in [6.07, 6.45) is 1.41. The third-order valence-electron chi connectivity index (χ3n) is 3.79. The molecule has 8 heteroatoms. The van der Waals surface area contributed by atoms with Crippen molar-refractivity contribution < 1.29 is 17.9 Å². The molecule has 0 bridgehead atoms. The van der Waals surface area contributed by atoms with Gasteiger partial charge in [0, 0.05) is 5.69 Å². The summed E-state index contributed by atoms with van der Waals surface area (Å²) in [6.45, 7) is 3.68. The number of hydrogen-bond acceptors (Lipinski definition) is 5. The average Bonchev–Trinajstić information content (AvgIpc) is 2.56. The summed E-state index contributed by atoms with van der Waals surface area (Å²) >= 11 is 0. The first kappa shape index (κ1) is 19.9. The van der Waals surface area contributed by atoms with E-state index < -0.39 is 15.6 Å². The third-order valence-corrected chi connectivity index (χ3v) is 4.72. The van der Waals surface area contributed by atoms with Crippen LogP contribution in [-0.4, -0.2) is 19.9 Å². The molecular formula is C18H23N3O4S. The molecule has 1 atom stereocenters. The molecule has 5 N–H and O–H groups in total. The number of nitrogens with two attached hydrogens (primary N) is 2. The smallest absolute Gasteiger partial charge is 0.244 e. The van der Waals surface area contributed by atoms with E-state index in [0.29, 0.717) is 23.6 Å². The lowest BCUT2D eigenvalue weighted by atomic mass is 9.96. The van der Waals surface area contributed by atoms with Crippen LogP contribution in [0.3, 0.4) is 0 Å². The molecule has 0 heterocycles. The van der Waals surface area contributed by atoms with E-state index in [2.05, 4.69) is 5.32 Å². The Morgan fingerprint density at radius 2 is 1.58 bits per heavy atom. The van der Waals surface area contributed by atoms with E-state index in [1.807, 2.05) is 6.92 Å². The first-order valence-corrected chi connectivity index (χ1v) is 9.67. The Balaban J connectivity index is 2.02. The number of primary sulfonamides is 1. The van der Waals surface area contributed by atoms with Crippen molar-refractivity contribution in [1.29, 1.82) is 0 Å². The number of hydrogen-bond donors (Lipinski definition) is 3. The Morgan fingerprint density at radius 1 is 1.08 bits per heavy atom. The van der Waals surface area contributed by atoms with Crippen LogP contribution >= 0.6 is 0 Å². The number of ether oxygens (including phenoxy) is 1. The van der Waals surface area contributed by atoms with Crippen LogP contribution in [0.4, 0.5) is 5.69 Å². The van der Waals surface area contributed by atoms with E-state index in [1.165, 1.54) is 24.3 Å². The van der Waals surface area contributed by atoms with E-state index in [9.17, 15) is 13.2 Å². The second-order valence-corrected chi connectivity index (χ2v) is 7.83. The minimum atomic E-state index is -3.73. The fourth-order valence-electron chi connectivity index (χ4n) is 2.35. The molecule has 7 nitrogen and oxygen atoms in total. The molecule has 26 heavy (non-hydrogen) atoms. The normalized spacial score (nSPS) is 13.7. The van der Waals surface area contributed by atoms with Gasteiger partial charge in [0.1, 0.15) is 11.5 Å².